The van der Waals surface area contributed by atoms with Crippen molar-refractivity contribution in [1.82, 2.24) is 14.7 Å². The number of hydrogen-bond donors (Lipinski definition) is 0. The van der Waals surface area contributed by atoms with E-state index < -0.39 is 0 Å². The molecule has 132 valence electrons. The number of benzene rings is 2. The lowest BCUT2D eigenvalue weighted by molar-refractivity contribution is 0.0729. The van der Waals surface area contributed by atoms with Crippen molar-refractivity contribution in [3.63, 3.8) is 0 Å². The second-order valence-electron chi connectivity index (χ2n) is 6.44. The van der Waals surface area contributed by atoms with Crippen LogP contribution in [-0.2, 0) is 6.54 Å². The number of nitrogens with zero attached hydrogens (tertiary/aromatic N) is 3. The van der Waals surface area contributed by atoms with Crippen LogP contribution in [0.3, 0.4) is 0 Å². The third-order valence-corrected chi connectivity index (χ3v) is 4.94. The van der Waals surface area contributed by atoms with Gasteiger partial charge >= 0.3 is 0 Å². The van der Waals surface area contributed by atoms with Crippen molar-refractivity contribution in [2.45, 2.75) is 25.4 Å². The molecule has 0 bridgehead atoms. The van der Waals surface area contributed by atoms with Crippen LogP contribution in [0.1, 0.15) is 28.8 Å². The quantitative estimate of drug-likeness (QED) is 0.613. The molecule has 0 saturated heterocycles. The van der Waals surface area contributed by atoms with Gasteiger partial charge in [-0.15, -0.1) is 0 Å². The van der Waals surface area contributed by atoms with E-state index >= 15 is 0 Å². The fraction of sp³-hybridized carbons (Fsp3) is 0.200. The highest BCUT2D eigenvalue weighted by molar-refractivity contribution is 9.10. The molecule has 1 aliphatic carbocycles. The first-order valence-electron chi connectivity index (χ1n) is 8.46. The number of rotatable bonds is 5. The van der Waals surface area contributed by atoms with Crippen molar-refractivity contribution in [1.29, 1.82) is 0 Å². The van der Waals surface area contributed by atoms with Gasteiger partial charge in [0.05, 0.1) is 17.4 Å². The van der Waals surface area contributed by atoms with Crippen molar-refractivity contribution < 1.29 is 9.18 Å². The highest BCUT2D eigenvalue weighted by Crippen LogP contribution is 2.30. The molecule has 26 heavy (non-hydrogen) atoms. The maximum absolute atomic E-state index is 13.5. The van der Waals surface area contributed by atoms with Gasteiger partial charge < -0.3 is 4.90 Å². The number of hydrogen-bond acceptors (Lipinski definition) is 2. The maximum atomic E-state index is 13.5. The van der Waals surface area contributed by atoms with Crippen LogP contribution in [0.2, 0.25) is 0 Å². The molecule has 1 heterocycles. The molecule has 1 fully saturated rings. The zero-order valence-corrected chi connectivity index (χ0v) is 15.6. The molecule has 1 aromatic heterocycles. The highest BCUT2D eigenvalue weighted by atomic mass is 79.9. The monoisotopic (exact) mass is 413 g/mol. The molecule has 0 radical (unpaired) electrons. The molecule has 4 nitrogen and oxygen atoms in total. The van der Waals surface area contributed by atoms with Crippen molar-refractivity contribution >= 4 is 21.8 Å². The van der Waals surface area contributed by atoms with E-state index in [1.54, 1.807) is 23.1 Å². The second-order valence-corrected chi connectivity index (χ2v) is 7.36. The number of amides is 1. The van der Waals surface area contributed by atoms with Crippen LogP contribution < -0.4 is 0 Å². The minimum atomic E-state index is -0.284. The van der Waals surface area contributed by atoms with Gasteiger partial charge in [-0.1, -0.05) is 28.1 Å². The first-order chi connectivity index (χ1) is 12.6. The van der Waals surface area contributed by atoms with Crippen molar-refractivity contribution in [2.24, 2.45) is 0 Å². The molecule has 2 aromatic carbocycles. The molecule has 3 aromatic rings. The number of carbonyl (C=O) groups excluding carboxylic acids is 1. The predicted octanol–water partition coefficient (Wildman–Crippen LogP) is 4.58. The van der Waals surface area contributed by atoms with E-state index in [9.17, 15) is 9.18 Å². The summed E-state index contributed by atoms with van der Waals surface area (Å²) in [4.78, 5) is 14.8. The van der Waals surface area contributed by atoms with E-state index in [-0.39, 0.29) is 17.8 Å². The van der Waals surface area contributed by atoms with Crippen LogP contribution in [-0.4, -0.2) is 26.6 Å². The average molecular weight is 414 g/mol. The third kappa shape index (κ3) is 3.70. The Kier molecular flexibility index (Phi) is 4.59. The molecular weight excluding hydrogens is 397 g/mol. The smallest absolute Gasteiger partial charge is 0.257 e. The Hall–Kier alpha value is -2.47. The summed E-state index contributed by atoms with van der Waals surface area (Å²) >= 11 is 3.41. The fourth-order valence-electron chi connectivity index (χ4n) is 2.92. The van der Waals surface area contributed by atoms with Crippen LogP contribution >= 0.6 is 15.9 Å². The highest BCUT2D eigenvalue weighted by Gasteiger charge is 2.33. The van der Waals surface area contributed by atoms with Gasteiger partial charge in [0, 0.05) is 23.3 Å². The molecule has 0 spiro atoms. The van der Waals surface area contributed by atoms with E-state index in [0.29, 0.717) is 12.1 Å². The van der Waals surface area contributed by atoms with E-state index in [2.05, 4.69) is 21.0 Å². The molecule has 1 saturated carbocycles. The summed E-state index contributed by atoms with van der Waals surface area (Å²) in [7, 11) is 0. The standard InChI is InChI=1S/C20H17BrFN3O/c21-16-4-6-19(7-5-16)25-13-15(11-23-25)20(26)24(18-8-9-18)12-14-2-1-3-17(22)10-14/h1-7,10-11,13,18H,8-9,12H2. The lowest BCUT2D eigenvalue weighted by Gasteiger charge is -2.22. The van der Waals surface area contributed by atoms with Gasteiger partial charge in [0.25, 0.3) is 5.91 Å². The Morgan fingerprint density at radius 3 is 2.69 bits per heavy atom. The molecule has 4 rings (SSSR count). The zero-order valence-electron chi connectivity index (χ0n) is 14.0. The van der Waals surface area contributed by atoms with Crippen LogP contribution in [0.5, 0.6) is 0 Å². The van der Waals surface area contributed by atoms with Crippen LogP contribution in [0.25, 0.3) is 5.69 Å². The summed E-state index contributed by atoms with van der Waals surface area (Å²) in [6, 6.07) is 14.3. The zero-order chi connectivity index (χ0) is 18.1. The molecule has 0 aliphatic heterocycles. The minimum Gasteiger partial charge on any atom is -0.331 e. The molecule has 6 heteroatoms. The summed E-state index contributed by atoms with van der Waals surface area (Å²) in [5.74, 6) is -0.353. The topological polar surface area (TPSA) is 38.1 Å². The molecule has 1 aliphatic rings. The van der Waals surface area contributed by atoms with Gasteiger partial charge in [-0.25, -0.2) is 9.07 Å². The minimum absolute atomic E-state index is 0.0693. The van der Waals surface area contributed by atoms with Gasteiger partial charge in [0.15, 0.2) is 0 Å². The average Bonchev–Trinajstić information content (AvgIpc) is 3.36. The maximum Gasteiger partial charge on any atom is 0.257 e. The predicted molar refractivity (Wildman–Crippen MR) is 101 cm³/mol. The molecule has 0 N–H and O–H groups in total. The fourth-order valence-corrected chi connectivity index (χ4v) is 3.18. The molecule has 0 unspecified atom stereocenters. The van der Waals surface area contributed by atoms with Gasteiger partial charge in [-0.2, -0.15) is 5.10 Å². The van der Waals surface area contributed by atoms with E-state index in [4.69, 9.17) is 0 Å². The summed E-state index contributed by atoms with van der Waals surface area (Å²) in [6.07, 6.45) is 5.31. The summed E-state index contributed by atoms with van der Waals surface area (Å²) < 4.78 is 16.1. The summed E-state index contributed by atoms with van der Waals surface area (Å²) in [5, 5.41) is 4.31. The van der Waals surface area contributed by atoms with Crippen molar-refractivity contribution in [2.75, 3.05) is 0 Å². The van der Waals surface area contributed by atoms with Crippen molar-refractivity contribution in [3.8, 4) is 5.69 Å². The number of halogens is 2. The van der Waals surface area contributed by atoms with Crippen molar-refractivity contribution in [3.05, 3.63) is 82.3 Å². The molecular formula is C20H17BrFN3O. The Morgan fingerprint density at radius 1 is 1.23 bits per heavy atom. The first kappa shape index (κ1) is 17.0. The SMILES string of the molecule is O=C(c1cnn(-c2ccc(Br)cc2)c1)N(Cc1cccc(F)c1)C1CC1. The van der Waals surface area contributed by atoms with E-state index in [1.807, 2.05) is 35.2 Å². The van der Waals surface area contributed by atoms with Gasteiger partial charge in [0.2, 0.25) is 0 Å². The molecule has 1 amide bonds. The molecule has 0 atom stereocenters. The lowest BCUT2D eigenvalue weighted by Crippen LogP contribution is -2.32. The normalized spacial score (nSPS) is 13.6. The Bertz CT molecular complexity index is 934. The summed E-state index contributed by atoms with van der Waals surface area (Å²) in [6.45, 7) is 0.407. The van der Waals surface area contributed by atoms with E-state index in [0.717, 1.165) is 28.6 Å². The van der Waals surface area contributed by atoms with Gasteiger partial charge in [-0.3, -0.25) is 4.79 Å². The largest absolute Gasteiger partial charge is 0.331 e. The van der Waals surface area contributed by atoms with Gasteiger partial charge in [-0.05, 0) is 54.8 Å². The Balaban J connectivity index is 1.56. The number of aromatic nitrogens is 2. The first-order valence-corrected chi connectivity index (χ1v) is 9.25. The second kappa shape index (κ2) is 7.03. The Labute approximate surface area is 159 Å². The van der Waals surface area contributed by atoms with Gasteiger partial charge in [0.1, 0.15) is 5.82 Å². The Morgan fingerprint density at radius 2 is 2.00 bits per heavy atom. The summed E-state index contributed by atoms with van der Waals surface area (Å²) in [5.41, 5.74) is 2.22. The number of carbonyl (C=O) groups is 1. The van der Waals surface area contributed by atoms with Crippen LogP contribution in [0, 0.1) is 5.82 Å². The van der Waals surface area contributed by atoms with Crippen LogP contribution in [0.15, 0.2) is 65.4 Å². The van der Waals surface area contributed by atoms with Crippen LogP contribution in [0.4, 0.5) is 4.39 Å². The lowest BCUT2D eigenvalue weighted by atomic mass is 10.2. The van der Waals surface area contributed by atoms with E-state index in [1.165, 1.54) is 12.1 Å². The third-order valence-electron chi connectivity index (χ3n) is 4.41.